The highest BCUT2D eigenvalue weighted by Crippen LogP contribution is 2.28. The Hall–Kier alpha value is -1.67. The minimum absolute atomic E-state index is 0.738. The number of aryl methyl sites for hydroxylation is 2. The summed E-state index contributed by atoms with van der Waals surface area (Å²) in [4.78, 5) is 0. The molecule has 0 radical (unpaired) electrons. The predicted octanol–water partition coefficient (Wildman–Crippen LogP) is 4.28. The van der Waals surface area contributed by atoms with Crippen LogP contribution in [0.1, 0.15) is 11.1 Å². The van der Waals surface area contributed by atoms with Crippen molar-refractivity contribution in [1.82, 2.24) is 0 Å². The van der Waals surface area contributed by atoms with Gasteiger partial charge in [0.25, 0.3) is 0 Å². The van der Waals surface area contributed by atoms with Gasteiger partial charge in [-0.25, -0.2) is 0 Å². The number of anilines is 3. The van der Waals surface area contributed by atoms with E-state index in [-0.39, 0.29) is 0 Å². The van der Waals surface area contributed by atoms with Crippen molar-refractivity contribution in [2.75, 3.05) is 11.1 Å². The standard InChI is InChI=1S/C14H15ClN2/c1-9-6-7-11(8-12(9)15)17-14-10(2)4-3-5-13(14)16/h3-8,17H,16H2,1-2H3. The van der Waals surface area contributed by atoms with Gasteiger partial charge in [0.2, 0.25) is 0 Å². The van der Waals surface area contributed by atoms with E-state index in [2.05, 4.69) is 5.32 Å². The van der Waals surface area contributed by atoms with Crippen LogP contribution in [0.2, 0.25) is 5.02 Å². The lowest BCUT2D eigenvalue weighted by Gasteiger charge is -2.13. The average molecular weight is 247 g/mol. The van der Waals surface area contributed by atoms with Gasteiger partial charge in [-0.05, 0) is 43.2 Å². The van der Waals surface area contributed by atoms with E-state index >= 15 is 0 Å². The number of hydrogen-bond donors (Lipinski definition) is 2. The molecule has 0 spiro atoms. The van der Waals surface area contributed by atoms with Crippen LogP contribution in [0.4, 0.5) is 17.1 Å². The molecule has 0 saturated carbocycles. The van der Waals surface area contributed by atoms with E-state index < -0.39 is 0 Å². The molecule has 0 aliphatic heterocycles. The van der Waals surface area contributed by atoms with Crippen molar-refractivity contribution < 1.29 is 0 Å². The van der Waals surface area contributed by atoms with E-state index in [1.165, 1.54) is 0 Å². The first kappa shape index (κ1) is 11.8. The predicted molar refractivity (Wildman–Crippen MR) is 75.1 cm³/mol. The molecule has 17 heavy (non-hydrogen) atoms. The van der Waals surface area contributed by atoms with Crippen LogP contribution in [0.5, 0.6) is 0 Å². The molecule has 0 heterocycles. The zero-order valence-electron chi connectivity index (χ0n) is 9.92. The second-order valence-corrected chi connectivity index (χ2v) is 4.54. The summed E-state index contributed by atoms with van der Waals surface area (Å²) in [6, 6.07) is 11.7. The van der Waals surface area contributed by atoms with Gasteiger partial charge in [0.15, 0.2) is 0 Å². The number of hydrogen-bond acceptors (Lipinski definition) is 2. The van der Waals surface area contributed by atoms with Crippen molar-refractivity contribution in [1.29, 1.82) is 0 Å². The SMILES string of the molecule is Cc1ccc(Nc2c(C)cccc2N)cc1Cl. The van der Waals surface area contributed by atoms with Gasteiger partial charge in [-0.15, -0.1) is 0 Å². The van der Waals surface area contributed by atoms with E-state index in [4.69, 9.17) is 17.3 Å². The second-order valence-electron chi connectivity index (χ2n) is 4.13. The molecule has 2 nitrogen and oxygen atoms in total. The average Bonchev–Trinajstić information content (AvgIpc) is 2.28. The summed E-state index contributed by atoms with van der Waals surface area (Å²) in [5.41, 5.74) is 10.7. The molecule has 0 amide bonds. The summed E-state index contributed by atoms with van der Waals surface area (Å²) < 4.78 is 0. The molecule has 3 heteroatoms. The Morgan fingerprint density at radius 1 is 1.06 bits per heavy atom. The molecule has 0 saturated heterocycles. The first-order chi connectivity index (χ1) is 8.08. The van der Waals surface area contributed by atoms with Crippen LogP contribution in [0.3, 0.4) is 0 Å². The van der Waals surface area contributed by atoms with E-state index in [1.54, 1.807) is 0 Å². The molecule has 0 fully saturated rings. The van der Waals surface area contributed by atoms with Crippen molar-refractivity contribution >= 4 is 28.7 Å². The fourth-order valence-corrected chi connectivity index (χ4v) is 1.86. The molecule has 0 aliphatic carbocycles. The van der Waals surface area contributed by atoms with Gasteiger partial charge in [-0.1, -0.05) is 29.8 Å². The molecule has 0 atom stereocenters. The summed E-state index contributed by atoms with van der Waals surface area (Å²) >= 11 is 6.09. The maximum Gasteiger partial charge on any atom is 0.0647 e. The number of para-hydroxylation sites is 1. The van der Waals surface area contributed by atoms with Crippen molar-refractivity contribution in [2.24, 2.45) is 0 Å². The molecular formula is C14H15ClN2. The molecule has 0 bridgehead atoms. The fourth-order valence-electron chi connectivity index (χ4n) is 1.68. The molecule has 3 N–H and O–H groups in total. The lowest BCUT2D eigenvalue weighted by atomic mass is 10.1. The summed E-state index contributed by atoms with van der Waals surface area (Å²) in [5.74, 6) is 0. The van der Waals surface area contributed by atoms with Gasteiger partial charge in [0, 0.05) is 10.7 Å². The Morgan fingerprint density at radius 3 is 2.47 bits per heavy atom. The van der Waals surface area contributed by atoms with E-state index in [1.807, 2.05) is 50.2 Å². The highest BCUT2D eigenvalue weighted by molar-refractivity contribution is 6.31. The third-order valence-corrected chi connectivity index (χ3v) is 3.15. The van der Waals surface area contributed by atoms with Crippen LogP contribution < -0.4 is 11.1 Å². The maximum absolute atomic E-state index is 6.09. The van der Waals surface area contributed by atoms with Gasteiger partial charge >= 0.3 is 0 Å². The lowest BCUT2D eigenvalue weighted by molar-refractivity contribution is 1.41. The summed E-state index contributed by atoms with van der Waals surface area (Å²) in [7, 11) is 0. The van der Waals surface area contributed by atoms with Gasteiger partial charge in [0.05, 0.1) is 11.4 Å². The van der Waals surface area contributed by atoms with Crippen LogP contribution in [-0.4, -0.2) is 0 Å². The normalized spacial score (nSPS) is 10.3. The second kappa shape index (κ2) is 4.68. The maximum atomic E-state index is 6.09. The number of benzene rings is 2. The van der Waals surface area contributed by atoms with Crippen molar-refractivity contribution in [3.05, 3.63) is 52.5 Å². The Morgan fingerprint density at radius 2 is 1.82 bits per heavy atom. The van der Waals surface area contributed by atoms with E-state index in [9.17, 15) is 0 Å². The van der Waals surface area contributed by atoms with E-state index in [0.717, 1.165) is 33.2 Å². The molecule has 2 aromatic carbocycles. The Kier molecular flexibility index (Phi) is 3.25. The highest BCUT2D eigenvalue weighted by Gasteiger charge is 2.04. The largest absolute Gasteiger partial charge is 0.397 e. The summed E-state index contributed by atoms with van der Waals surface area (Å²) in [6.45, 7) is 4.00. The van der Waals surface area contributed by atoms with Crippen LogP contribution in [0.15, 0.2) is 36.4 Å². The Balaban J connectivity index is 2.35. The Labute approximate surface area is 106 Å². The highest BCUT2D eigenvalue weighted by atomic mass is 35.5. The van der Waals surface area contributed by atoms with Crippen LogP contribution >= 0.6 is 11.6 Å². The van der Waals surface area contributed by atoms with Crippen molar-refractivity contribution in [3.63, 3.8) is 0 Å². The van der Waals surface area contributed by atoms with Crippen LogP contribution in [0, 0.1) is 13.8 Å². The fraction of sp³-hybridized carbons (Fsp3) is 0.143. The number of nitrogen functional groups attached to an aromatic ring is 1. The summed E-state index contributed by atoms with van der Waals surface area (Å²) in [5, 5.41) is 4.05. The van der Waals surface area contributed by atoms with E-state index in [0.29, 0.717) is 0 Å². The monoisotopic (exact) mass is 246 g/mol. The zero-order chi connectivity index (χ0) is 12.4. The minimum atomic E-state index is 0.738. The first-order valence-electron chi connectivity index (χ1n) is 5.46. The van der Waals surface area contributed by atoms with Crippen molar-refractivity contribution in [3.8, 4) is 0 Å². The molecule has 0 aliphatic rings. The van der Waals surface area contributed by atoms with Crippen LogP contribution in [0.25, 0.3) is 0 Å². The third kappa shape index (κ3) is 2.53. The third-order valence-electron chi connectivity index (χ3n) is 2.75. The number of nitrogens with two attached hydrogens (primary N) is 1. The molecule has 0 aromatic heterocycles. The topological polar surface area (TPSA) is 38.0 Å². The molecule has 2 rings (SSSR count). The van der Waals surface area contributed by atoms with Crippen molar-refractivity contribution in [2.45, 2.75) is 13.8 Å². The smallest absolute Gasteiger partial charge is 0.0647 e. The van der Waals surface area contributed by atoms with Crippen LogP contribution in [-0.2, 0) is 0 Å². The Bertz CT molecular complexity index is 530. The molecular weight excluding hydrogens is 232 g/mol. The molecule has 0 unspecified atom stereocenters. The molecule has 2 aromatic rings. The number of halogens is 1. The lowest BCUT2D eigenvalue weighted by Crippen LogP contribution is -1.98. The minimum Gasteiger partial charge on any atom is -0.397 e. The zero-order valence-corrected chi connectivity index (χ0v) is 10.7. The van der Waals surface area contributed by atoms with Gasteiger partial charge < -0.3 is 11.1 Å². The summed E-state index contributed by atoms with van der Waals surface area (Å²) in [6.07, 6.45) is 0. The number of rotatable bonds is 2. The quantitative estimate of drug-likeness (QED) is 0.776. The first-order valence-corrected chi connectivity index (χ1v) is 5.84. The number of nitrogens with one attached hydrogen (secondary N) is 1. The van der Waals surface area contributed by atoms with Gasteiger partial charge in [-0.3, -0.25) is 0 Å². The van der Waals surface area contributed by atoms with Gasteiger partial charge in [-0.2, -0.15) is 0 Å². The van der Waals surface area contributed by atoms with Gasteiger partial charge in [0.1, 0.15) is 0 Å². The molecule has 88 valence electrons.